The van der Waals surface area contributed by atoms with E-state index < -0.39 is 0 Å². The van der Waals surface area contributed by atoms with Gasteiger partial charge in [-0.25, -0.2) is 0 Å². The van der Waals surface area contributed by atoms with Crippen molar-refractivity contribution < 1.29 is 14.3 Å². The van der Waals surface area contributed by atoms with Gasteiger partial charge in [-0.2, -0.15) is 0 Å². The number of carbonyl (C=O) groups excluding carboxylic acids is 1. The molecule has 3 nitrogen and oxygen atoms in total. The van der Waals surface area contributed by atoms with Crippen LogP contribution >= 0.6 is 0 Å². The lowest BCUT2D eigenvalue weighted by Gasteiger charge is -2.49. The molecule has 0 bridgehead atoms. The molecule has 0 spiro atoms. The van der Waals surface area contributed by atoms with E-state index in [9.17, 15) is 9.90 Å². The highest BCUT2D eigenvalue weighted by Crippen LogP contribution is 2.52. The van der Waals surface area contributed by atoms with Crippen LogP contribution in [0.25, 0.3) is 6.08 Å². The highest BCUT2D eigenvalue weighted by molar-refractivity contribution is 6.04. The second kappa shape index (κ2) is 4.88. The van der Waals surface area contributed by atoms with Gasteiger partial charge in [0.15, 0.2) is 5.78 Å². The Labute approximate surface area is 119 Å². The molecule has 2 aliphatic rings. The summed E-state index contributed by atoms with van der Waals surface area (Å²) in [5, 5.41) is 10.0. The lowest BCUT2D eigenvalue weighted by atomic mass is 9.55. The molecule has 2 fully saturated rings. The number of aliphatic hydroxyl groups excluding tert-OH is 1. The predicted molar refractivity (Wildman–Crippen MR) is 76.9 cm³/mol. The maximum atomic E-state index is 12.9. The Bertz CT molecular complexity index is 528. The maximum Gasteiger partial charge on any atom is 0.165 e. The van der Waals surface area contributed by atoms with Crippen molar-refractivity contribution in [2.75, 3.05) is 0 Å². The van der Waals surface area contributed by atoms with Gasteiger partial charge < -0.3 is 9.52 Å². The number of fused-ring (bicyclic) bond motifs is 1. The third-order valence-corrected chi connectivity index (χ3v) is 5.41. The average molecular weight is 274 g/mol. The monoisotopic (exact) mass is 274 g/mol. The van der Waals surface area contributed by atoms with Crippen LogP contribution in [-0.2, 0) is 4.79 Å². The van der Waals surface area contributed by atoms with E-state index in [0.717, 1.165) is 37.0 Å². The summed E-state index contributed by atoms with van der Waals surface area (Å²) in [6.07, 6.45) is 6.55. The summed E-state index contributed by atoms with van der Waals surface area (Å²) in [7, 11) is 0. The van der Waals surface area contributed by atoms with E-state index in [1.807, 2.05) is 18.2 Å². The fraction of sp³-hybridized carbons (Fsp3) is 0.588. The second-order valence-corrected chi connectivity index (χ2v) is 6.54. The van der Waals surface area contributed by atoms with Crippen molar-refractivity contribution in [3.05, 3.63) is 29.7 Å². The number of hydrogen-bond donors (Lipinski definition) is 1. The Morgan fingerprint density at radius 1 is 1.45 bits per heavy atom. The minimum atomic E-state index is -0.310. The number of hydrogen-bond acceptors (Lipinski definition) is 3. The van der Waals surface area contributed by atoms with Crippen LogP contribution < -0.4 is 0 Å². The number of ketones is 1. The summed E-state index contributed by atoms with van der Waals surface area (Å²) < 4.78 is 5.32. The molecule has 0 amide bonds. The van der Waals surface area contributed by atoms with Gasteiger partial charge in [0, 0.05) is 5.41 Å². The quantitative estimate of drug-likeness (QED) is 0.798. The summed E-state index contributed by atoms with van der Waals surface area (Å²) in [6.45, 7) is 4.17. The van der Waals surface area contributed by atoms with Crippen LogP contribution in [0.3, 0.4) is 0 Å². The molecular weight excluding hydrogens is 252 g/mol. The number of allylic oxidation sites excluding steroid dienone is 1. The third kappa shape index (κ3) is 2.05. The normalized spacial score (nSPS) is 39.9. The van der Waals surface area contributed by atoms with Crippen molar-refractivity contribution in [2.45, 2.75) is 45.6 Å². The van der Waals surface area contributed by atoms with E-state index in [2.05, 4.69) is 13.8 Å². The van der Waals surface area contributed by atoms with Crippen LogP contribution in [-0.4, -0.2) is 17.0 Å². The van der Waals surface area contributed by atoms with Gasteiger partial charge in [-0.1, -0.05) is 13.8 Å². The first-order chi connectivity index (χ1) is 9.52. The minimum absolute atomic E-state index is 0.211. The molecule has 1 N–H and O–H groups in total. The molecule has 0 saturated heterocycles. The Balaban J connectivity index is 1.90. The number of aliphatic hydroxyl groups is 1. The second-order valence-electron chi connectivity index (χ2n) is 6.54. The largest absolute Gasteiger partial charge is 0.465 e. The van der Waals surface area contributed by atoms with Gasteiger partial charge in [-0.15, -0.1) is 0 Å². The Morgan fingerprint density at radius 3 is 2.95 bits per heavy atom. The van der Waals surface area contributed by atoms with Crippen LogP contribution in [0.2, 0.25) is 0 Å². The van der Waals surface area contributed by atoms with Gasteiger partial charge in [-0.3, -0.25) is 4.79 Å². The molecule has 0 radical (unpaired) electrons. The van der Waals surface area contributed by atoms with E-state index in [1.165, 1.54) is 0 Å². The Morgan fingerprint density at radius 2 is 2.25 bits per heavy atom. The van der Waals surface area contributed by atoms with Gasteiger partial charge >= 0.3 is 0 Å². The van der Waals surface area contributed by atoms with E-state index in [4.69, 9.17) is 4.42 Å². The fourth-order valence-electron chi connectivity index (χ4n) is 4.08. The standard InChI is InChI=1S/C17H22O3/c1-11-14-6-5-12(10-13-4-3-9-20-13)16(19)17(14,2)8-7-15(11)18/h3-4,9-11,14-15,18H,5-8H2,1-2H3/t11-,14?,15?,17-/m0/s1. The van der Waals surface area contributed by atoms with Gasteiger partial charge in [0.05, 0.1) is 12.4 Å². The molecular formula is C17H22O3. The number of carbonyl (C=O) groups is 1. The van der Waals surface area contributed by atoms with Crippen molar-refractivity contribution in [1.29, 1.82) is 0 Å². The Kier molecular flexibility index (Phi) is 3.33. The lowest BCUT2D eigenvalue weighted by Crippen LogP contribution is -2.50. The molecule has 2 saturated carbocycles. The van der Waals surface area contributed by atoms with Crippen molar-refractivity contribution in [2.24, 2.45) is 17.3 Å². The zero-order valence-electron chi connectivity index (χ0n) is 12.1. The van der Waals surface area contributed by atoms with Crippen LogP contribution in [0.4, 0.5) is 0 Å². The van der Waals surface area contributed by atoms with E-state index in [0.29, 0.717) is 5.92 Å². The SMILES string of the molecule is C[C@@H]1C(O)CC[C@]2(C)C(=O)C(=Cc3ccco3)CCC12. The molecule has 0 aliphatic heterocycles. The first-order valence-electron chi connectivity index (χ1n) is 7.49. The molecule has 0 aromatic carbocycles. The summed E-state index contributed by atoms with van der Waals surface area (Å²) >= 11 is 0. The van der Waals surface area contributed by atoms with Crippen LogP contribution in [0, 0.1) is 17.3 Å². The van der Waals surface area contributed by atoms with Gasteiger partial charge in [0.1, 0.15) is 5.76 Å². The number of rotatable bonds is 1. The van der Waals surface area contributed by atoms with E-state index in [1.54, 1.807) is 6.26 Å². The first-order valence-corrected chi connectivity index (χ1v) is 7.49. The number of furan rings is 1. The molecule has 1 aromatic rings. The average Bonchev–Trinajstić information content (AvgIpc) is 2.93. The molecule has 20 heavy (non-hydrogen) atoms. The minimum Gasteiger partial charge on any atom is -0.465 e. The molecule has 2 unspecified atom stereocenters. The molecule has 1 aromatic heterocycles. The topological polar surface area (TPSA) is 50.4 Å². The highest BCUT2D eigenvalue weighted by atomic mass is 16.3. The fourth-order valence-corrected chi connectivity index (χ4v) is 4.08. The van der Waals surface area contributed by atoms with Crippen molar-refractivity contribution in [3.8, 4) is 0 Å². The van der Waals surface area contributed by atoms with Gasteiger partial charge in [0.25, 0.3) is 0 Å². The van der Waals surface area contributed by atoms with Gasteiger partial charge in [-0.05, 0) is 61.3 Å². The highest BCUT2D eigenvalue weighted by Gasteiger charge is 2.51. The Hall–Kier alpha value is -1.35. The maximum absolute atomic E-state index is 12.9. The van der Waals surface area contributed by atoms with Crippen LogP contribution in [0.1, 0.15) is 45.3 Å². The molecule has 3 rings (SSSR count). The van der Waals surface area contributed by atoms with Crippen LogP contribution in [0.15, 0.2) is 28.4 Å². The summed E-state index contributed by atoms with van der Waals surface area (Å²) in [5.74, 6) is 1.51. The van der Waals surface area contributed by atoms with Crippen molar-refractivity contribution >= 4 is 11.9 Å². The van der Waals surface area contributed by atoms with Crippen LogP contribution in [0.5, 0.6) is 0 Å². The predicted octanol–water partition coefficient (Wildman–Crippen LogP) is 3.44. The zero-order valence-corrected chi connectivity index (χ0v) is 12.1. The molecule has 108 valence electrons. The smallest absolute Gasteiger partial charge is 0.165 e. The zero-order chi connectivity index (χ0) is 14.3. The number of Topliss-reactive ketones (excluding diaryl/α,β-unsaturated/α-hetero) is 1. The van der Waals surface area contributed by atoms with Crippen molar-refractivity contribution in [1.82, 2.24) is 0 Å². The van der Waals surface area contributed by atoms with E-state index >= 15 is 0 Å². The van der Waals surface area contributed by atoms with Gasteiger partial charge in [0.2, 0.25) is 0 Å². The molecule has 1 heterocycles. The third-order valence-electron chi connectivity index (χ3n) is 5.41. The molecule has 3 heteroatoms. The van der Waals surface area contributed by atoms with Crippen molar-refractivity contribution in [3.63, 3.8) is 0 Å². The summed E-state index contributed by atoms with van der Waals surface area (Å²) in [5.41, 5.74) is 0.567. The summed E-state index contributed by atoms with van der Waals surface area (Å²) in [6, 6.07) is 3.71. The van der Waals surface area contributed by atoms with E-state index in [-0.39, 0.29) is 23.2 Å². The first kappa shape index (κ1) is 13.6. The molecule has 4 atom stereocenters. The summed E-state index contributed by atoms with van der Waals surface area (Å²) in [4.78, 5) is 12.9. The lowest BCUT2D eigenvalue weighted by molar-refractivity contribution is -0.137. The molecule has 2 aliphatic carbocycles.